The molecule has 0 fully saturated rings. The molecule has 5 aromatic carbocycles. The number of nitrogens with one attached hydrogen (secondary N) is 1. The molecule has 39 heavy (non-hydrogen) atoms. The lowest BCUT2D eigenvalue weighted by molar-refractivity contribution is 0.507. The average molecular weight is 504 g/mol. The lowest BCUT2D eigenvalue weighted by Crippen LogP contribution is -2.34. The molecule has 2 unspecified atom stereocenters. The van der Waals surface area contributed by atoms with Crippen LogP contribution in [0.2, 0.25) is 0 Å². The molecule has 0 amide bonds. The van der Waals surface area contributed by atoms with Crippen molar-refractivity contribution in [1.29, 1.82) is 0 Å². The maximum absolute atomic E-state index is 3.97. The van der Waals surface area contributed by atoms with Gasteiger partial charge < -0.3 is 5.32 Å². The number of allylic oxidation sites excluding steroid dienone is 2. The summed E-state index contributed by atoms with van der Waals surface area (Å²) in [4.78, 5) is 0. The second-order valence-electron chi connectivity index (χ2n) is 11.5. The minimum atomic E-state index is 0.0243. The van der Waals surface area contributed by atoms with E-state index in [4.69, 9.17) is 0 Å². The molecule has 1 heteroatoms. The van der Waals surface area contributed by atoms with E-state index in [9.17, 15) is 0 Å². The van der Waals surface area contributed by atoms with Gasteiger partial charge in [-0.25, -0.2) is 0 Å². The largest absolute Gasteiger partial charge is 0.378 e. The molecule has 0 bridgehead atoms. The van der Waals surface area contributed by atoms with E-state index in [1.54, 1.807) is 0 Å². The van der Waals surface area contributed by atoms with Crippen LogP contribution in [0.1, 0.15) is 31.9 Å². The van der Waals surface area contributed by atoms with Crippen LogP contribution in [-0.2, 0) is 5.41 Å². The van der Waals surface area contributed by atoms with Gasteiger partial charge in [0.05, 0.1) is 6.04 Å². The van der Waals surface area contributed by atoms with Crippen molar-refractivity contribution in [2.45, 2.75) is 32.2 Å². The molecule has 7 rings (SSSR count). The molecule has 0 aromatic heterocycles. The molecule has 0 aliphatic heterocycles. The Morgan fingerprint density at radius 3 is 2.23 bits per heavy atom. The summed E-state index contributed by atoms with van der Waals surface area (Å²) < 4.78 is 0. The topological polar surface area (TPSA) is 12.0 Å². The van der Waals surface area contributed by atoms with E-state index in [0.717, 1.165) is 0 Å². The van der Waals surface area contributed by atoms with Gasteiger partial charge in [-0.05, 0) is 61.9 Å². The van der Waals surface area contributed by atoms with Gasteiger partial charge in [-0.3, -0.25) is 0 Å². The van der Waals surface area contributed by atoms with Crippen LogP contribution in [0, 0.1) is 5.92 Å². The van der Waals surface area contributed by atoms with Crippen LogP contribution in [0.3, 0.4) is 0 Å². The molecule has 0 saturated heterocycles. The highest BCUT2D eigenvalue weighted by molar-refractivity contribution is 5.98. The Hall–Kier alpha value is -4.36. The van der Waals surface area contributed by atoms with E-state index in [-0.39, 0.29) is 11.5 Å². The van der Waals surface area contributed by atoms with E-state index in [1.807, 2.05) is 0 Å². The van der Waals surface area contributed by atoms with Crippen molar-refractivity contribution in [3.63, 3.8) is 0 Å². The first-order valence-electron chi connectivity index (χ1n) is 14.0. The third-order valence-corrected chi connectivity index (χ3v) is 8.85. The Morgan fingerprint density at radius 2 is 1.36 bits per heavy atom. The predicted octanol–water partition coefficient (Wildman–Crippen LogP) is 9.91. The van der Waals surface area contributed by atoms with E-state index >= 15 is 0 Å². The maximum Gasteiger partial charge on any atom is 0.0511 e. The van der Waals surface area contributed by atoms with E-state index in [0.29, 0.717) is 5.92 Å². The van der Waals surface area contributed by atoms with Crippen LogP contribution >= 0.6 is 0 Å². The maximum atomic E-state index is 3.97. The second kappa shape index (κ2) is 9.13. The summed E-state index contributed by atoms with van der Waals surface area (Å²) >= 11 is 0. The molecule has 0 radical (unpaired) electrons. The van der Waals surface area contributed by atoms with Crippen molar-refractivity contribution < 1.29 is 0 Å². The molecule has 1 nitrogen and oxygen atoms in total. The number of rotatable bonds is 4. The summed E-state index contributed by atoms with van der Waals surface area (Å²) in [5.74, 6) is 0.369. The Morgan fingerprint density at radius 1 is 0.641 bits per heavy atom. The summed E-state index contributed by atoms with van der Waals surface area (Å²) in [5, 5.41) is 6.52. The highest BCUT2D eigenvalue weighted by Gasteiger charge is 2.42. The Labute approximate surface area is 231 Å². The van der Waals surface area contributed by atoms with Crippen LogP contribution in [0.5, 0.6) is 0 Å². The normalized spacial score (nSPS) is 19.2. The summed E-state index contributed by atoms with van der Waals surface area (Å²) in [6, 6.07) is 42.0. The van der Waals surface area contributed by atoms with Crippen molar-refractivity contribution in [3.8, 4) is 22.3 Å². The number of anilines is 1. The van der Waals surface area contributed by atoms with Crippen LogP contribution in [0.25, 0.3) is 38.6 Å². The minimum Gasteiger partial charge on any atom is -0.378 e. The fraction of sp³-hybridized carbons (Fsp3) is 0.158. The Kier molecular flexibility index (Phi) is 5.56. The van der Waals surface area contributed by atoms with Gasteiger partial charge in [0.25, 0.3) is 0 Å². The molecule has 0 heterocycles. The third-order valence-electron chi connectivity index (χ3n) is 8.85. The van der Waals surface area contributed by atoms with E-state index in [1.165, 1.54) is 61.0 Å². The quantitative estimate of drug-likeness (QED) is 0.257. The van der Waals surface area contributed by atoms with Crippen LogP contribution in [0.15, 0.2) is 133 Å². The SMILES string of the molecule is CC1C2=C(C=CC1Nc1ccc(-c3cccc4ccccc34)cc1-c1ccccc1)c1ccccc1C2(C)C. The fourth-order valence-electron chi connectivity index (χ4n) is 6.95. The standard InChI is InChI=1S/C38H33N/c1-25-35(23-21-32-31-17-9-10-19-34(31)38(2,3)37(25)32)39-36-22-20-28(24-33(36)27-12-5-4-6-13-27)30-18-11-15-26-14-7-8-16-29(26)30/h4-25,35,39H,1-3H3. The zero-order valence-corrected chi connectivity index (χ0v) is 22.8. The molecule has 5 aromatic rings. The van der Waals surface area contributed by atoms with Gasteiger partial charge in [-0.2, -0.15) is 0 Å². The van der Waals surface area contributed by atoms with Gasteiger partial charge in [0.15, 0.2) is 0 Å². The van der Waals surface area contributed by atoms with Gasteiger partial charge in [-0.1, -0.05) is 136 Å². The highest BCUT2D eigenvalue weighted by atomic mass is 14.9. The summed E-state index contributed by atoms with van der Waals surface area (Å²) in [6.45, 7) is 7.15. The molecular weight excluding hydrogens is 470 g/mol. The minimum absolute atomic E-state index is 0.0243. The molecule has 0 spiro atoms. The van der Waals surface area contributed by atoms with Crippen molar-refractivity contribution in [3.05, 3.63) is 144 Å². The van der Waals surface area contributed by atoms with E-state index in [2.05, 4.69) is 154 Å². The van der Waals surface area contributed by atoms with Crippen molar-refractivity contribution in [2.24, 2.45) is 5.92 Å². The Balaban J connectivity index is 1.29. The highest BCUT2D eigenvalue weighted by Crippen LogP contribution is 2.52. The molecular formula is C38H33N. The lowest BCUT2D eigenvalue weighted by atomic mass is 9.72. The zero-order valence-electron chi connectivity index (χ0n) is 22.8. The van der Waals surface area contributed by atoms with Crippen LogP contribution in [-0.4, -0.2) is 6.04 Å². The fourth-order valence-corrected chi connectivity index (χ4v) is 6.95. The molecule has 2 aliphatic carbocycles. The van der Waals surface area contributed by atoms with Crippen molar-refractivity contribution in [1.82, 2.24) is 0 Å². The first-order chi connectivity index (χ1) is 19.0. The number of hydrogen-bond donors (Lipinski definition) is 1. The molecule has 2 aliphatic rings. The van der Waals surface area contributed by atoms with Gasteiger partial charge in [-0.15, -0.1) is 0 Å². The van der Waals surface area contributed by atoms with Crippen molar-refractivity contribution in [2.75, 3.05) is 5.32 Å². The number of benzene rings is 5. The molecule has 2 atom stereocenters. The van der Waals surface area contributed by atoms with Gasteiger partial charge in [0, 0.05) is 22.6 Å². The number of fused-ring (bicyclic) bond motifs is 3. The molecule has 190 valence electrons. The van der Waals surface area contributed by atoms with E-state index < -0.39 is 0 Å². The van der Waals surface area contributed by atoms with Gasteiger partial charge in [0.2, 0.25) is 0 Å². The number of hydrogen-bond acceptors (Lipinski definition) is 1. The van der Waals surface area contributed by atoms with Gasteiger partial charge >= 0.3 is 0 Å². The first kappa shape index (κ1) is 23.7. The van der Waals surface area contributed by atoms with Gasteiger partial charge in [0.1, 0.15) is 0 Å². The van der Waals surface area contributed by atoms with Crippen molar-refractivity contribution >= 4 is 22.0 Å². The lowest BCUT2D eigenvalue weighted by Gasteiger charge is -2.35. The summed E-state index contributed by atoms with van der Waals surface area (Å²) in [7, 11) is 0. The molecule has 1 N–H and O–H groups in total. The molecule has 0 saturated carbocycles. The summed E-state index contributed by atoms with van der Waals surface area (Å²) in [5.41, 5.74) is 11.9. The zero-order chi connectivity index (χ0) is 26.6. The Bertz CT molecular complexity index is 1760. The average Bonchev–Trinajstić information content (AvgIpc) is 3.22. The van der Waals surface area contributed by atoms with Crippen LogP contribution < -0.4 is 5.32 Å². The second-order valence-corrected chi connectivity index (χ2v) is 11.5. The smallest absolute Gasteiger partial charge is 0.0511 e. The third kappa shape index (κ3) is 3.84. The predicted molar refractivity (Wildman–Crippen MR) is 167 cm³/mol. The summed E-state index contributed by atoms with van der Waals surface area (Å²) in [6.07, 6.45) is 4.72. The first-order valence-corrected chi connectivity index (χ1v) is 14.0. The monoisotopic (exact) mass is 503 g/mol. The van der Waals surface area contributed by atoms with Crippen LogP contribution in [0.4, 0.5) is 5.69 Å².